The van der Waals surface area contributed by atoms with Crippen LogP contribution in [0.3, 0.4) is 0 Å². The average molecular weight is 206 g/mol. The molecule has 0 saturated heterocycles. The summed E-state index contributed by atoms with van der Waals surface area (Å²) in [5.41, 5.74) is 2.35. The SMILES string of the molecule is COc1cc2c(cc1OC)CCOC=C2. The molecule has 0 N–H and O–H groups in total. The summed E-state index contributed by atoms with van der Waals surface area (Å²) in [5, 5.41) is 0. The summed E-state index contributed by atoms with van der Waals surface area (Å²) in [4.78, 5) is 0. The Balaban J connectivity index is 2.48. The van der Waals surface area contributed by atoms with Crippen LogP contribution in [-0.4, -0.2) is 20.8 Å². The van der Waals surface area contributed by atoms with E-state index in [0.717, 1.165) is 23.5 Å². The Morgan fingerprint density at radius 3 is 2.60 bits per heavy atom. The van der Waals surface area contributed by atoms with Gasteiger partial charge in [-0.15, -0.1) is 0 Å². The van der Waals surface area contributed by atoms with Gasteiger partial charge in [-0.25, -0.2) is 0 Å². The highest BCUT2D eigenvalue weighted by Crippen LogP contribution is 2.32. The summed E-state index contributed by atoms with van der Waals surface area (Å²) < 4.78 is 15.8. The molecule has 0 aliphatic carbocycles. The predicted molar refractivity (Wildman–Crippen MR) is 58.2 cm³/mol. The van der Waals surface area contributed by atoms with Crippen LogP contribution in [0.15, 0.2) is 18.4 Å². The van der Waals surface area contributed by atoms with E-state index in [0.29, 0.717) is 6.61 Å². The Labute approximate surface area is 89.3 Å². The van der Waals surface area contributed by atoms with Gasteiger partial charge in [0.05, 0.1) is 27.1 Å². The Kier molecular flexibility index (Phi) is 2.81. The molecule has 15 heavy (non-hydrogen) atoms. The van der Waals surface area contributed by atoms with E-state index in [1.165, 1.54) is 5.56 Å². The van der Waals surface area contributed by atoms with E-state index in [4.69, 9.17) is 14.2 Å². The Morgan fingerprint density at radius 2 is 1.87 bits per heavy atom. The summed E-state index contributed by atoms with van der Waals surface area (Å²) in [6.45, 7) is 0.707. The molecule has 80 valence electrons. The van der Waals surface area contributed by atoms with Crippen molar-refractivity contribution in [1.29, 1.82) is 0 Å². The quantitative estimate of drug-likeness (QED) is 0.742. The van der Waals surface area contributed by atoms with Crippen molar-refractivity contribution in [1.82, 2.24) is 0 Å². The molecule has 0 spiro atoms. The van der Waals surface area contributed by atoms with Gasteiger partial charge in [-0.2, -0.15) is 0 Å². The lowest BCUT2D eigenvalue weighted by atomic mass is 10.0. The number of benzene rings is 1. The van der Waals surface area contributed by atoms with Gasteiger partial charge in [0.1, 0.15) is 0 Å². The number of hydrogen-bond acceptors (Lipinski definition) is 3. The number of rotatable bonds is 2. The second-order valence-electron chi connectivity index (χ2n) is 3.33. The van der Waals surface area contributed by atoms with Crippen LogP contribution in [0.25, 0.3) is 6.08 Å². The van der Waals surface area contributed by atoms with Gasteiger partial charge >= 0.3 is 0 Å². The highest BCUT2D eigenvalue weighted by molar-refractivity contribution is 5.60. The fraction of sp³-hybridized carbons (Fsp3) is 0.333. The first-order valence-electron chi connectivity index (χ1n) is 4.88. The molecular weight excluding hydrogens is 192 g/mol. The van der Waals surface area contributed by atoms with Crippen molar-refractivity contribution in [3.05, 3.63) is 29.5 Å². The third-order valence-electron chi connectivity index (χ3n) is 2.48. The molecule has 3 nitrogen and oxygen atoms in total. The van der Waals surface area contributed by atoms with Crippen LogP contribution >= 0.6 is 0 Å². The second-order valence-corrected chi connectivity index (χ2v) is 3.33. The Morgan fingerprint density at radius 1 is 1.13 bits per heavy atom. The largest absolute Gasteiger partial charge is 0.501 e. The monoisotopic (exact) mass is 206 g/mol. The molecule has 2 rings (SSSR count). The molecule has 0 aromatic heterocycles. The molecule has 1 aromatic carbocycles. The molecule has 0 bridgehead atoms. The van der Waals surface area contributed by atoms with Crippen LogP contribution in [0.5, 0.6) is 11.5 Å². The van der Waals surface area contributed by atoms with Gasteiger partial charge < -0.3 is 14.2 Å². The molecule has 0 saturated carbocycles. The van der Waals surface area contributed by atoms with Gasteiger partial charge in [0.15, 0.2) is 11.5 Å². The van der Waals surface area contributed by atoms with Crippen LogP contribution in [0, 0.1) is 0 Å². The van der Waals surface area contributed by atoms with Gasteiger partial charge in [0.25, 0.3) is 0 Å². The summed E-state index contributed by atoms with van der Waals surface area (Å²) in [6, 6.07) is 3.98. The van der Waals surface area contributed by atoms with E-state index in [9.17, 15) is 0 Å². The maximum absolute atomic E-state index is 5.26. The van der Waals surface area contributed by atoms with E-state index >= 15 is 0 Å². The van der Waals surface area contributed by atoms with Crippen molar-refractivity contribution in [3.63, 3.8) is 0 Å². The fourth-order valence-electron chi connectivity index (χ4n) is 1.67. The van der Waals surface area contributed by atoms with Crippen molar-refractivity contribution in [2.45, 2.75) is 6.42 Å². The van der Waals surface area contributed by atoms with Crippen molar-refractivity contribution in [3.8, 4) is 11.5 Å². The van der Waals surface area contributed by atoms with E-state index in [1.807, 2.05) is 18.2 Å². The molecule has 3 heteroatoms. The zero-order valence-electron chi connectivity index (χ0n) is 8.95. The maximum Gasteiger partial charge on any atom is 0.161 e. The van der Waals surface area contributed by atoms with Crippen molar-refractivity contribution >= 4 is 6.08 Å². The van der Waals surface area contributed by atoms with E-state index in [-0.39, 0.29) is 0 Å². The van der Waals surface area contributed by atoms with Gasteiger partial charge in [0.2, 0.25) is 0 Å². The third kappa shape index (κ3) is 1.91. The van der Waals surface area contributed by atoms with Crippen molar-refractivity contribution < 1.29 is 14.2 Å². The number of fused-ring (bicyclic) bond motifs is 1. The van der Waals surface area contributed by atoms with Crippen LogP contribution in [0.4, 0.5) is 0 Å². The summed E-state index contributed by atoms with van der Waals surface area (Å²) in [7, 11) is 3.29. The van der Waals surface area contributed by atoms with Crippen LogP contribution in [0.2, 0.25) is 0 Å². The zero-order chi connectivity index (χ0) is 10.7. The third-order valence-corrected chi connectivity index (χ3v) is 2.48. The lowest BCUT2D eigenvalue weighted by Gasteiger charge is -2.11. The maximum atomic E-state index is 5.26. The Hall–Kier alpha value is -1.64. The van der Waals surface area contributed by atoms with Gasteiger partial charge in [-0.3, -0.25) is 0 Å². The lowest BCUT2D eigenvalue weighted by Crippen LogP contribution is -1.97. The fourth-order valence-corrected chi connectivity index (χ4v) is 1.67. The molecule has 0 atom stereocenters. The van der Waals surface area contributed by atoms with E-state index in [2.05, 4.69) is 0 Å². The van der Waals surface area contributed by atoms with E-state index in [1.54, 1.807) is 20.5 Å². The predicted octanol–water partition coefficient (Wildman–Crippen LogP) is 2.25. The standard InChI is InChI=1S/C12H14O3/c1-13-11-7-9-3-5-15-6-4-10(9)8-12(11)14-2/h3,5,7-8H,4,6H2,1-2H3. The molecule has 0 fully saturated rings. The minimum absolute atomic E-state index is 0.707. The summed E-state index contributed by atoms with van der Waals surface area (Å²) >= 11 is 0. The lowest BCUT2D eigenvalue weighted by molar-refractivity contribution is 0.258. The van der Waals surface area contributed by atoms with E-state index < -0.39 is 0 Å². The molecule has 1 aliphatic heterocycles. The molecule has 1 heterocycles. The minimum Gasteiger partial charge on any atom is -0.501 e. The van der Waals surface area contributed by atoms with Crippen LogP contribution in [0.1, 0.15) is 11.1 Å². The first-order valence-corrected chi connectivity index (χ1v) is 4.88. The molecule has 0 amide bonds. The van der Waals surface area contributed by atoms with Gasteiger partial charge in [-0.1, -0.05) is 0 Å². The average Bonchev–Trinajstić information content (AvgIpc) is 2.51. The van der Waals surface area contributed by atoms with Crippen LogP contribution < -0.4 is 9.47 Å². The smallest absolute Gasteiger partial charge is 0.161 e. The van der Waals surface area contributed by atoms with Crippen LogP contribution in [-0.2, 0) is 11.2 Å². The molecule has 1 aliphatic rings. The first-order chi connectivity index (χ1) is 7.35. The topological polar surface area (TPSA) is 27.7 Å². The number of hydrogen-bond donors (Lipinski definition) is 0. The van der Waals surface area contributed by atoms with Crippen molar-refractivity contribution in [2.75, 3.05) is 20.8 Å². The molecule has 0 unspecified atom stereocenters. The Bertz CT molecular complexity index is 383. The zero-order valence-corrected chi connectivity index (χ0v) is 8.95. The van der Waals surface area contributed by atoms with Crippen molar-refractivity contribution in [2.24, 2.45) is 0 Å². The summed E-state index contributed by atoms with van der Waals surface area (Å²) in [5.74, 6) is 1.52. The minimum atomic E-state index is 0.707. The number of methoxy groups -OCH3 is 2. The number of ether oxygens (including phenoxy) is 3. The highest BCUT2D eigenvalue weighted by Gasteiger charge is 2.10. The summed E-state index contributed by atoms with van der Waals surface area (Å²) in [6.07, 6.45) is 4.56. The molecule has 0 radical (unpaired) electrons. The normalized spacial score (nSPS) is 13.7. The first kappa shape index (κ1) is 9.90. The van der Waals surface area contributed by atoms with Gasteiger partial charge in [0, 0.05) is 6.42 Å². The highest BCUT2D eigenvalue weighted by atomic mass is 16.5. The molecule has 1 aromatic rings. The van der Waals surface area contributed by atoms with Gasteiger partial charge in [-0.05, 0) is 29.3 Å². The second kappa shape index (κ2) is 4.26. The molecular formula is C12H14O3.